The van der Waals surface area contributed by atoms with Gasteiger partial charge in [-0.25, -0.2) is 0 Å². The molecule has 14 heavy (non-hydrogen) atoms. The molecule has 2 aliphatic rings. The zero-order valence-electron chi connectivity index (χ0n) is 9.52. The number of fused-ring (bicyclic) bond motifs is 2. The molecule has 2 aliphatic carbocycles. The molecule has 2 bridgehead atoms. The van der Waals surface area contributed by atoms with Gasteiger partial charge in [0.2, 0.25) is 0 Å². The molecule has 1 unspecified atom stereocenters. The summed E-state index contributed by atoms with van der Waals surface area (Å²) in [5, 5.41) is 0.363. The average Bonchev–Trinajstić information content (AvgIpc) is 2.36. The largest absolute Gasteiger partial charge is 0.328 e. The number of hydrogen-bond acceptors (Lipinski definition) is 1. The first-order valence-electron chi connectivity index (χ1n) is 5.80. The first kappa shape index (κ1) is 10.8. The molecule has 2 rings (SSSR count). The van der Waals surface area contributed by atoms with Crippen LogP contribution in [0.3, 0.4) is 0 Å². The zero-order valence-corrected chi connectivity index (χ0v) is 10.3. The van der Waals surface area contributed by atoms with E-state index in [-0.39, 0.29) is 6.04 Å². The van der Waals surface area contributed by atoms with Crippen LogP contribution in [0.2, 0.25) is 0 Å². The Morgan fingerprint density at radius 2 is 2.14 bits per heavy atom. The van der Waals surface area contributed by atoms with Gasteiger partial charge in [0, 0.05) is 11.4 Å². The van der Waals surface area contributed by atoms with Crippen molar-refractivity contribution in [3.8, 4) is 0 Å². The van der Waals surface area contributed by atoms with Crippen molar-refractivity contribution in [2.75, 3.05) is 0 Å². The van der Waals surface area contributed by atoms with Crippen molar-refractivity contribution < 1.29 is 0 Å². The fourth-order valence-corrected chi connectivity index (χ4v) is 4.73. The van der Waals surface area contributed by atoms with Gasteiger partial charge in [-0.2, -0.15) is 0 Å². The maximum atomic E-state index is 6.54. The van der Waals surface area contributed by atoms with Crippen LogP contribution in [0.1, 0.15) is 46.5 Å². The van der Waals surface area contributed by atoms with Gasteiger partial charge in [0.05, 0.1) is 0 Å². The third-order valence-electron chi connectivity index (χ3n) is 5.02. The SMILES string of the molecule is CC(N)C[C@@]12CC[C@@H](C[C@H]1Cl)C2(C)C. The molecule has 0 heterocycles. The molecule has 0 aliphatic heterocycles. The van der Waals surface area contributed by atoms with Crippen LogP contribution in [0.4, 0.5) is 0 Å². The average molecular weight is 216 g/mol. The molecule has 0 aromatic rings. The fraction of sp³-hybridized carbons (Fsp3) is 1.00. The number of nitrogens with two attached hydrogens (primary N) is 1. The predicted octanol–water partition coefficient (Wildman–Crippen LogP) is 3.16. The summed E-state index contributed by atoms with van der Waals surface area (Å²) >= 11 is 6.54. The molecule has 0 spiro atoms. The smallest absolute Gasteiger partial charge is 0.0401 e. The summed E-state index contributed by atoms with van der Waals surface area (Å²) < 4.78 is 0. The lowest BCUT2D eigenvalue weighted by atomic mass is 9.66. The molecule has 2 N–H and O–H groups in total. The van der Waals surface area contributed by atoms with Crippen molar-refractivity contribution >= 4 is 11.6 Å². The normalized spacial score (nSPS) is 46.9. The summed E-state index contributed by atoms with van der Waals surface area (Å²) in [7, 11) is 0. The van der Waals surface area contributed by atoms with Crippen molar-refractivity contribution in [3.05, 3.63) is 0 Å². The van der Waals surface area contributed by atoms with Crippen LogP contribution in [0.15, 0.2) is 0 Å². The number of rotatable bonds is 2. The van der Waals surface area contributed by atoms with Crippen LogP contribution in [-0.4, -0.2) is 11.4 Å². The molecule has 82 valence electrons. The molecule has 0 saturated heterocycles. The Bertz CT molecular complexity index is 236. The molecule has 2 heteroatoms. The monoisotopic (exact) mass is 215 g/mol. The highest BCUT2D eigenvalue weighted by atomic mass is 35.5. The Morgan fingerprint density at radius 1 is 1.50 bits per heavy atom. The van der Waals surface area contributed by atoms with Gasteiger partial charge in [0.1, 0.15) is 0 Å². The second-order valence-electron chi connectivity index (χ2n) is 6.00. The van der Waals surface area contributed by atoms with Crippen molar-refractivity contribution in [1.29, 1.82) is 0 Å². The molecule has 0 aromatic heterocycles. The first-order valence-corrected chi connectivity index (χ1v) is 6.23. The van der Waals surface area contributed by atoms with Crippen molar-refractivity contribution in [2.45, 2.75) is 57.9 Å². The standard InChI is InChI=1S/C12H22ClN/c1-8(14)7-12-5-4-9(6-10(12)13)11(12,2)3/h8-10H,4-7,14H2,1-3H3/t8?,9-,10+,12-/m0/s1. The van der Waals surface area contributed by atoms with E-state index in [9.17, 15) is 0 Å². The molecule has 0 aromatic carbocycles. The van der Waals surface area contributed by atoms with Crippen LogP contribution < -0.4 is 5.73 Å². The maximum Gasteiger partial charge on any atom is 0.0401 e. The highest BCUT2D eigenvalue weighted by Crippen LogP contribution is 2.68. The molecule has 0 amide bonds. The van der Waals surface area contributed by atoms with E-state index in [2.05, 4.69) is 20.8 Å². The van der Waals surface area contributed by atoms with E-state index >= 15 is 0 Å². The van der Waals surface area contributed by atoms with Crippen molar-refractivity contribution in [3.63, 3.8) is 0 Å². The van der Waals surface area contributed by atoms with Gasteiger partial charge in [0.15, 0.2) is 0 Å². The summed E-state index contributed by atoms with van der Waals surface area (Å²) in [5.74, 6) is 0.837. The minimum Gasteiger partial charge on any atom is -0.328 e. The van der Waals surface area contributed by atoms with Crippen molar-refractivity contribution in [2.24, 2.45) is 22.5 Å². The highest BCUT2D eigenvalue weighted by molar-refractivity contribution is 6.21. The predicted molar refractivity (Wildman–Crippen MR) is 61.5 cm³/mol. The van der Waals surface area contributed by atoms with Crippen LogP contribution in [0, 0.1) is 16.7 Å². The first-order chi connectivity index (χ1) is 6.40. The lowest BCUT2D eigenvalue weighted by Crippen LogP contribution is -2.40. The molecule has 4 atom stereocenters. The quantitative estimate of drug-likeness (QED) is 0.704. The van der Waals surface area contributed by atoms with Gasteiger partial charge in [-0.05, 0) is 49.4 Å². The topological polar surface area (TPSA) is 26.0 Å². The van der Waals surface area contributed by atoms with Gasteiger partial charge in [-0.1, -0.05) is 13.8 Å². The van der Waals surface area contributed by atoms with Gasteiger partial charge in [0.25, 0.3) is 0 Å². The third kappa shape index (κ3) is 1.18. The van der Waals surface area contributed by atoms with E-state index < -0.39 is 0 Å². The fourth-order valence-electron chi connectivity index (χ4n) is 4.04. The van der Waals surface area contributed by atoms with Crippen molar-refractivity contribution in [1.82, 2.24) is 0 Å². The summed E-state index contributed by atoms with van der Waals surface area (Å²) in [4.78, 5) is 0. The number of alkyl halides is 1. The molecular formula is C12H22ClN. The Morgan fingerprint density at radius 3 is 2.50 bits per heavy atom. The number of hydrogen-bond donors (Lipinski definition) is 1. The maximum absolute atomic E-state index is 6.54. The number of halogens is 1. The van der Waals surface area contributed by atoms with Gasteiger partial charge < -0.3 is 5.73 Å². The molecule has 1 nitrogen and oxygen atoms in total. The minimum absolute atomic E-state index is 0.285. The Balaban J connectivity index is 2.30. The molecular weight excluding hydrogens is 194 g/mol. The third-order valence-corrected chi connectivity index (χ3v) is 5.62. The van der Waals surface area contributed by atoms with Crippen LogP contribution >= 0.6 is 11.6 Å². The minimum atomic E-state index is 0.285. The van der Waals surface area contributed by atoms with E-state index in [1.54, 1.807) is 0 Å². The molecule has 2 saturated carbocycles. The van der Waals surface area contributed by atoms with E-state index in [1.807, 2.05) is 0 Å². The second kappa shape index (κ2) is 3.12. The van der Waals surface area contributed by atoms with Gasteiger partial charge in [-0.3, -0.25) is 0 Å². The van der Waals surface area contributed by atoms with E-state index in [4.69, 9.17) is 17.3 Å². The van der Waals surface area contributed by atoms with Gasteiger partial charge in [-0.15, -0.1) is 11.6 Å². The lowest BCUT2D eigenvalue weighted by Gasteiger charge is -2.41. The second-order valence-corrected chi connectivity index (χ2v) is 6.52. The Hall–Kier alpha value is 0.250. The van der Waals surface area contributed by atoms with Crippen LogP contribution in [0.25, 0.3) is 0 Å². The van der Waals surface area contributed by atoms with Crippen LogP contribution in [-0.2, 0) is 0 Å². The Kier molecular flexibility index (Phi) is 2.40. The summed E-state index contributed by atoms with van der Waals surface area (Å²) in [6.45, 7) is 6.91. The summed E-state index contributed by atoms with van der Waals surface area (Å²) in [6.07, 6.45) is 4.97. The van der Waals surface area contributed by atoms with E-state index in [0.29, 0.717) is 16.2 Å². The molecule has 0 radical (unpaired) electrons. The summed E-state index contributed by atoms with van der Waals surface area (Å²) in [6, 6.07) is 0.285. The highest BCUT2D eigenvalue weighted by Gasteiger charge is 2.63. The van der Waals surface area contributed by atoms with Crippen LogP contribution in [0.5, 0.6) is 0 Å². The summed E-state index contributed by atoms with van der Waals surface area (Å²) in [5.41, 5.74) is 6.71. The van der Waals surface area contributed by atoms with Gasteiger partial charge >= 0.3 is 0 Å². The van der Waals surface area contributed by atoms with E-state index in [0.717, 1.165) is 12.3 Å². The Labute approximate surface area is 92.4 Å². The zero-order chi connectivity index (χ0) is 10.6. The van der Waals surface area contributed by atoms with E-state index in [1.165, 1.54) is 19.3 Å². The lowest BCUT2D eigenvalue weighted by molar-refractivity contribution is 0.111. The molecule has 2 fully saturated rings.